The molecule has 0 aliphatic rings. The third-order valence-electron chi connectivity index (χ3n) is 3.39. The van der Waals surface area contributed by atoms with E-state index in [0.29, 0.717) is 11.4 Å². The maximum absolute atomic E-state index is 12.2. The third-order valence-corrected chi connectivity index (χ3v) is 4.30. The van der Waals surface area contributed by atoms with E-state index < -0.39 is 5.97 Å². The van der Waals surface area contributed by atoms with Crippen molar-refractivity contribution >= 4 is 34.7 Å². The minimum atomic E-state index is -0.544. The molecule has 0 aliphatic heterocycles. The van der Waals surface area contributed by atoms with Crippen molar-refractivity contribution in [2.24, 2.45) is 0 Å². The largest absolute Gasteiger partial charge is 0.456 e. The Hall–Kier alpha value is -2.47. The summed E-state index contributed by atoms with van der Waals surface area (Å²) in [5, 5.41) is 1.81. The number of benzene rings is 1. The van der Waals surface area contributed by atoms with E-state index in [9.17, 15) is 14.4 Å². The summed E-state index contributed by atoms with van der Waals surface area (Å²) in [6, 6.07) is 12.7. The Balaban J connectivity index is 1.78. The highest BCUT2D eigenvalue weighted by molar-refractivity contribution is 7.12. The Morgan fingerprint density at radius 1 is 1.04 bits per heavy atom. The molecule has 0 saturated heterocycles. The quantitative estimate of drug-likeness (QED) is 0.544. The van der Waals surface area contributed by atoms with Crippen LogP contribution in [0.3, 0.4) is 0 Å². The molecule has 1 aromatic heterocycles. The second kappa shape index (κ2) is 8.98. The number of anilines is 1. The number of carbonyl (C=O) groups excluding carboxylic acids is 3. The molecule has 0 saturated carbocycles. The molecule has 1 amide bonds. The second-order valence-corrected chi connectivity index (χ2v) is 5.98. The van der Waals surface area contributed by atoms with Crippen molar-refractivity contribution in [2.75, 3.05) is 18.1 Å². The molecule has 1 aromatic carbocycles. The summed E-state index contributed by atoms with van der Waals surface area (Å²) in [6.07, 6.45) is 0.0607. The Labute approximate surface area is 144 Å². The van der Waals surface area contributed by atoms with Gasteiger partial charge in [-0.3, -0.25) is 14.4 Å². The number of thiophene rings is 1. The molecular weight excluding hydrogens is 326 g/mol. The van der Waals surface area contributed by atoms with Crippen molar-refractivity contribution in [3.05, 3.63) is 52.7 Å². The maximum Gasteiger partial charge on any atom is 0.306 e. The summed E-state index contributed by atoms with van der Waals surface area (Å²) in [7, 11) is 0. The number of ketones is 1. The van der Waals surface area contributed by atoms with Gasteiger partial charge >= 0.3 is 5.97 Å². The molecule has 6 heteroatoms. The van der Waals surface area contributed by atoms with Crippen molar-refractivity contribution in [3.8, 4) is 0 Å². The van der Waals surface area contributed by atoms with Crippen LogP contribution in [0.25, 0.3) is 0 Å². The molecule has 0 aliphatic carbocycles. The minimum Gasteiger partial charge on any atom is -0.456 e. The number of nitrogens with zero attached hydrogens (tertiary/aromatic N) is 1. The highest BCUT2D eigenvalue weighted by atomic mass is 32.1. The molecule has 0 atom stereocenters. The van der Waals surface area contributed by atoms with Crippen LogP contribution in [0.15, 0.2) is 47.8 Å². The fourth-order valence-electron chi connectivity index (χ4n) is 2.18. The van der Waals surface area contributed by atoms with Crippen LogP contribution in [0.4, 0.5) is 5.69 Å². The van der Waals surface area contributed by atoms with E-state index in [4.69, 9.17) is 4.74 Å². The fraction of sp³-hybridized carbons (Fsp3) is 0.278. The lowest BCUT2D eigenvalue weighted by Gasteiger charge is -2.20. The number of hydrogen-bond acceptors (Lipinski definition) is 5. The van der Waals surface area contributed by atoms with Crippen LogP contribution in [-0.2, 0) is 14.3 Å². The smallest absolute Gasteiger partial charge is 0.306 e. The second-order valence-electron chi connectivity index (χ2n) is 5.03. The van der Waals surface area contributed by atoms with Crippen LogP contribution >= 0.6 is 11.3 Å². The topological polar surface area (TPSA) is 63.7 Å². The first-order valence-corrected chi connectivity index (χ1v) is 8.57. The normalized spacial score (nSPS) is 10.2. The summed E-state index contributed by atoms with van der Waals surface area (Å²) >= 11 is 1.34. The van der Waals surface area contributed by atoms with E-state index in [-0.39, 0.29) is 31.1 Å². The van der Waals surface area contributed by atoms with Gasteiger partial charge in [0.25, 0.3) is 5.91 Å². The summed E-state index contributed by atoms with van der Waals surface area (Å²) in [5.74, 6) is -0.924. The standard InChI is InChI=1S/C18H19NO4S/c1-2-19(14-7-4-3-5-8-14)17(21)13-23-18(22)11-10-15(20)16-9-6-12-24-16/h3-9,12H,2,10-11,13H2,1H3. The zero-order chi connectivity index (χ0) is 17.4. The Morgan fingerprint density at radius 2 is 1.79 bits per heavy atom. The van der Waals surface area contributed by atoms with Crippen LogP contribution in [0.5, 0.6) is 0 Å². The molecule has 0 spiro atoms. The molecule has 2 aromatic rings. The number of esters is 1. The highest BCUT2D eigenvalue weighted by Crippen LogP contribution is 2.14. The summed E-state index contributed by atoms with van der Waals surface area (Å²) in [4.78, 5) is 37.9. The molecule has 0 N–H and O–H groups in total. The zero-order valence-electron chi connectivity index (χ0n) is 13.4. The Morgan fingerprint density at radius 3 is 2.42 bits per heavy atom. The van der Waals surface area contributed by atoms with Crippen molar-refractivity contribution in [1.29, 1.82) is 0 Å². The zero-order valence-corrected chi connectivity index (χ0v) is 14.3. The molecule has 0 fully saturated rings. The fourth-order valence-corrected chi connectivity index (χ4v) is 2.87. The van der Waals surface area contributed by atoms with E-state index >= 15 is 0 Å². The lowest BCUT2D eigenvalue weighted by atomic mass is 10.2. The Bertz CT molecular complexity index is 682. The molecule has 24 heavy (non-hydrogen) atoms. The van der Waals surface area contributed by atoms with Crippen LogP contribution < -0.4 is 4.90 Å². The molecule has 1 heterocycles. The van der Waals surface area contributed by atoms with E-state index in [1.54, 1.807) is 17.0 Å². The first kappa shape index (κ1) is 17.9. The maximum atomic E-state index is 12.2. The molecular formula is C18H19NO4S. The molecule has 2 rings (SSSR count). The van der Waals surface area contributed by atoms with Gasteiger partial charge < -0.3 is 9.64 Å². The molecule has 0 radical (unpaired) electrons. The van der Waals surface area contributed by atoms with Crippen LogP contribution in [0.2, 0.25) is 0 Å². The van der Waals surface area contributed by atoms with Crippen LogP contribution in [0.1, 0.15) is 29.4 Å². The molecule has 0 unspecified atom stereocenters. The average Bonchev–Trinajstić information content (AvgIpc) is 3.14. The average molecular weight is 345 g/mol. The summed E-state index contributed by atoms with van der Waals surface area (Å²) < 4.78 is 5.00. The number of Topliss-reactive ketones (excluding diaryl/α,β-unsaturated/α-hetero) is 1. The van der Waals surface area contributed by atoms with Crippen molar-refractivity contribution in [3.63, 3.8) is 0 Å². The summed E-state index contributed by atoms with van der Waals surface area (Å²) in [6.45, 7) is 2.01. The van der Waals surface area contributed by atoms with Gasteiger partial charge in [0, 0.05) is 18.7 Å². The number of carbonyl (C=O) groups is 3. The van der Waals surface area contributed by atoms with Gasteiger partial charge in [0.05, 0.1) is 11.3 Å². The lowest BCUT2D eigenvalue weighted by molar-refractivity contribution is -0.147. The number of ether oxygens (including phenoxy) is 1. The number of para-hydroxylation sites is 1. The van der Waals surface area contributed by atoms with Crippen LogP contribution in [-0.4, -0.2) is 30.8 Å². The number of rotatable bonds is 8. The van der Waals surface area contributed by atoms with Crippen molar-refractivity contribution in [2.45, 2.75) is 19.8 Å². The van der Waals surface area contributed by atoms with Gasteiger partial charge in [-0.05, 0) is 30.5 Å². The van der Waals surface area contributed by atoms with Crippen molar-refractivity contribution < 1.29 is 19.1 Å². The third kappa shape index (κ3) is 5.03. The van der Waals surface area contributed by atoms with Gasteiger partial charge in [0.1, 0.15) is 0 Å². The van der Waals surface area contributed by atoms with Gasteiger partial charge in [-0.2, -0.15) is 0 Å². The summed E-state index contributed by atoms with van der Waals surface area (Å²) in [5.41, 5.74) is 0.758. The van der Waals surface area contributed by atoms with Gasteiger partial charge in [-0.1, -0.05) is 24.3 Å². The van der Waals surface area contributed by atoms with E-state index in [0.717, 1.165) is 5.69 Å². The predicted molar refractivity (Wildman–Crippen MR) is 93.3 cm³/mol. The number of hydrogen-bond donors (Lipinski definition) is 0. The Kier molecular flexibility index (Phi) is 6.69. The van der Waals surface area contributed by atoms with E-state index in [1.165, 1.54) is 11.3 Å². The monoisotopic (exact) mass is 345 g/mol. The van der Waals surface area contributed by atoms with Gasteiger partial charge in [-0.25, -0.2) is 0 Å². The molecule has 0 bridgehead atoms. The van der Waals surface area contributed by atoms with E-state index in [1.807, 2.05) is 42.6 Å². The molecule has 5 nitrogen and oxygen atoms in total. The lowest BCUT2D eigenvalue weighted by Crippen LogP contribution is -2.34. The SMILES string of the molecule is CCN(C(=O)COC(=O)CCC(=O)c1cccs1)c1ccccc1. The minimum absolute atomic E-state index is 0.0263. The van der Waals surface area contributed by atoms with Gasteiger partial charge in [-0.15, -0.1) is 11.3 Å². The highest BCUT2D eigenvalue weighted by Gasteiger charge is 2.17. The van der Waals surface area contributed by atoms with Crippen molar-refractivity contribution in [1.82, 2.24) is 0 Å². The molecule has 126 valence electrons. The number of amides is 1. The van der Waals surface area contributed by atoms with E-state index in [2.05, 4.69) is 0 Å². The first-order chi connectivity index (χ1) is 11.6. The van der Waals surface area contributed by atoms with Crippen LogP contribution in [0, 0.1) is 0 Å². The van der Waals surface area contributed by atoms with Gasteiger partial charge in [0.2, 0.25) is 0 Å². The predicted octanol–water partition coefficient (Wildman–Crippen LogP) is 3.31. The first-order valence-electron chi connectivity index (χ1n) is 7.69. The van der Waals surface area contributed by atoms with Gasteiger partial charge in [0.15, 0.2) is 12.4 Å². The number of likely N-dealkylation sites (N-methyl/N-ethyl adjacent to an activating group) is 1.